The van der Waals surface area contributed by atoms with E-state index >= 15 is 0 Å². The molecule has 0 atom stereocenters. The Bertz CT molecular complexity index is 450. The molecule has 0 heterocycles. The Hall–Kier alpha value is -0.823. The van der Waals surface area contributed by atoms with E-state index in [0.29, 0.717) is 5.41 Å². The van der Waals surface area contributed by atoms with Gasteiger partial charge in [-0.2, -0.15) is 0 Å². The summed E-state index contributed by atoms with van der Waals surface area (Å²) >= 11 is 0. The topological polar surface area (TPSA) is 0 Å². The fourth-order valence-corrected chi connectivity index (χ4v) is 5.32. The average molecular weight is 244 g/mol. The van der Waals surface area contributed by atoms with E-state index in [1.54, 1.807) is 21.5 Å². The quantitative estimate of drug-likeness (QED) is 0.643. The highest BCUT2D eigenvalue weighted by Gasteiger charge is 2.23. The van der Waals surface area contributed by atoms with Crippen molar-refractivity contribution in [3.05, 3.63) is 45.3 Å². The van der Waals surface area contributed by atoms with Crippen molar-refractivity contribution in [3.63, 3.8) is 0 Å². The first-order valence-electron chi connectivity index (χ1n) is 6.64. The van der Waals surface area contributed by atoms with Crippen molar-refractivity contribution in [2.75, 3.05) is 0 Å². The van der Waals surface area contributed by atoms with Crippen LogP contribution in [0.5, 0.6) is 0 Å². The molecule has 0 N–H and O–H groups in total. The molecule has 0 spiro atoms. The second-order valence-corrected chi connectivity index (χ2v) is 8.43. The third-order valence-corrected chi connectivity index (χ3v) is 6.38. The Kier molecular flexibility index (Phi) is 3.31. The van der Waals surface area contributed by atoms with Gasteiger partial charge in [0.15, 0.2) is 0 Å². The molecule has 0 saturated heterocycles. The molecule has 17 heavy (non-hydrogen) atoms. The minimum atomic E-state index is -0.198. The molecule has 0 aromatic rings. The van der Waals surface area contributed by atoms with Crippen molar-refractivity contribution in [2.45, 2.75) is 47.5 Å². The second kappa shape index (κ2) is 4.45. The molecule has 0 fully saturated rings. The van der Waals surface area contributed by atoms with Gasteiger partial charge in [0.25, 0.3) is 0 Å². The van der Waals surface area contributed by atoms with Gasteiger partial charge in [-0.05, 0) is 37.7 Å². The number of allylic oxidation sites excluding steroid dienone is 8. The lowest BCUT2D eigenvalue weighted by Gasteiger charge is -2.22. The van der Waals surface area contributed by atoms with Gasteiger partial charge in [-0.25, -0.2) is 0 Å². The van der Waals surface area contributed by atoms with E-state index in [2.05, 4.69) is 52.8 Å². The first-order valence-corrected chi connectivity index (χ1v) is 8.06. The van der Waals surface area contributed by atoms with Gasteiger partial charge in [-0.15, -0.1) is 0 Å². The summed E-state index contributed by atoms with van der Waals surface area (Å²) < 4.78 is 0. The van der Waals surface area contributed by atoms with Crippen LogP contribution in [0.2, 0.25) is 0 Å². The number of hydrogen-bond donors (Lipinski definition) is 0. The minimum Gasteiger partial charge on any atom is -0.0806 e. The summed E-state index contributed by atoms with van der Waals surface area (Å²) in [6, 6.07) is 0. The van der Waals surface area contributed by atoms with Gasteiger partial charge in [0.1, 0.15) is 0 Å². The Balaban J connectivity index is 2.21. The molecule has 0 aromatic heterocycles. The Morgan fingerprint density at radius 1 is 1.06 bits per heavy atom. The van der Waals surface area contributed by atoms with Crippen molar-refractivity contribution in [2.24, 2.45) is 5.41 Å². The molecule has 0 nitrogen and oxygen atoms in total. The van der Waals surface area contributed by atoms with Crippen LogP contribution in [-0.4, -0.2) is 9.52 Å². The van der Waals surface area contributed by atoms with Crippen LogP contribution in [-0.2, 0) is 0 Å². The maximum absolute atomic E-state index is 2.40. The fraction of sp³-hybridized carbons (Fsp3) is 0.500. The van der Waals surface area contributed by atoms with Gasteiger partial charge in [0, 0.05) is 0 Å². The maximum atomic E-state index is 2.40. The molecule has 0 amide bonds. The van der Waals surface area contributed by atoms with E-state index in [9.17, 15) is 0 Å². The van der Waals surface area contributed by atoms with Crippen molar-refractivity contribution in [3.8, 4) is 0 Å². The highest BCUT2D eigenvalue weighted by Crippen LogP contribution is 2.36. The molecule has 2 aliphatic rings. The van der Waals surface area contributed by atoms with Crippen LogP contribution >= 0.6 is 0 Å². The highest BCUT2D eigenvalue weighted by atomic mass is 28.2. The summed E-state index contributed by atoms with van der Waals surface area (Å²) in [5, 5.41) is 3.54. The van der Waals surface area contributed by atoms with E-state index in [4.69, 9.17) is 0 Å². The summed E-state index contributed by atoms with van der Waals surface area (Å²) in [7, 11) is -0.198. The van der Waals surface area contributed by atoms with Gasteiger partial charge >= 0.3 is 0 Å². The minimum absolute atomic E-state index is 0.198. The monoisotopic (exact) mass is 244 g/mol. The molecule has 0 radical (unpaired) electrons. The molecule has 0 aromatic carbocycles. The Labute approximate surface area is 108 Å². The third-order valence-electron chi connectivity index (χ3n) is 4.04. The lowest BCUT2D eigenvalue weighted by molar-refractivity contribution is 0.516. The molecule has 1 heteroatoms. The summed E-state index contributed by atoms with van der Waals surface area (Å²) in [6.07, 6.45) is 9.57. The zero-order chi connectivity index (χ0) is 12.6. The Morgan fingerprint density at radius 2 is 1.76 bits per heavy atom. The Morgan fingerprint density at radius 3 is 2.29 bits per heavy atom. The first kappa shape index (κ1) is 12.6. The predicted octanol–water partition coefficient (Wildman–Crippen LogP) is 4.04. The van der Waals surface area contributed by atoms with Crippen LogP contribution in [0.15, 0.2) is 45.3 Å². The standard InChI is InChI=1S/C16H24Si/c1-11-9-10-14(12(11)2)17-15-8-6-7-13(15)16(3,4)5/h6-7,9H,8,10,17H2,1-5H3. The maximum Gasteiger partial charge on any atom is 0.0788 e. The van der Waals surface area contributed by atoms with Crippen LogP contribution in [0, 0.1) is 5.41 Å². The summed E-state index contributed by atoms with van der Waals surface area (Å²) in [4.78, 5) is 0. The van der Waals surface area contributed by atoms with Crippen molar-refractivity contribution >= 4 is 9.52 Å². The SMILES string of the molecule is CC1=CCC([SiH2]C2=C(C(C)(C)C)C=CC2)=C1C. The van der Waals surface area contributed by atoms with E-state index in [1.165, 1.54) is 18.4 Å². The molecular weight excluding hydrogens is 220 g/mol. The number of hydrogen-bond acceptors (Lipinski definition) is 0. The molecule has 0 saturated carbocycles. The number of rotatable bonds is 2. The molecule has 92 valence electrons. The second-order valence-electron chi connectivity index (χ2n) is 6.37. The van der Waals surface area contributed by atoms with E-state index < -0.39 is 0 Å². The highest BCUT2D eigenvalue weighted by molar-refractivity contribution is 6.55. The van der Waals surface area contributed by atoms with Crippen LogP contribution in [0.1, 0.15) is 47.5 Å². The van der Waals surface area contributed by atoms with Gasteiger partial charge in [0.05, 0.1) is 9.52 Å². The molecule has 2 rings (SSSR count). The van der Waals surface area contributed by atoms with Crippen LogP contribution in [0.25, 0.3) is 0 Å². The smallest absolute Gasteiger partial charge is 0.0788 e. The van der Waals surface area contributed by atoms with E-state index in [0.717, 1.165) is 0 Å². The summed E-state index contributed by atoms with van der Waals surface area (Å²) in [5.41, 5.74) is 5.04. The summed E-state index contributed by atoms with van der Waals surface area (Å²) in [6.45, 7) is 11.6. The zero-order valence-corrected chi connectivity index (χ0v) is 13.3. The van der Waals surface area contributed by atoms with E-state index in [-0.39, 0.29) is 9.52 Å². The molecule has 0 bridgehead atoms. The van der Waals surface area contributed by atoms with Crippen molar-refractivity contribution in [1.29, 1.82) is 0 Å². The van der Waals surface area contributed by atoms with Gasteiger partial charge in [0.2, 0.25) is 0 Å². The lowest BCUT2D eigenvalue weighted by Crippen LogP contribution is -2.12. The summed E-state index contributed by atoms with van der Waals surface area (Å²) in [5.74, 6) is 0. The molecule has 0 unspecified atom stereocenters. The average Bonchev–Trinajstić information content (AvgIpc) is 2.79. The third kappa shape index (κ3) is 2.55. The van der Waals surface area contributed by atoms with Crippen LogP contribution in [0.3, 0.4) is 0 Å². The molecular formula is C16H24Si. The van der Waals surface area contributed by atoms with E-state index in [1.807, 2.05) is 0 Å². The largest absolute Gasteiger partial charge is 0.0806 e. The van der Waals surface area contributed by atoms with Gasteiger partial charge in [-0.1, -0.05) is 60.5 Å². The zero-order valence-electron chi connectivity index (χ0n) is 11.9. The van der Waals surface area contributed by atoms with Gasteiger partial charge < -0.3 is 0 Å². The predicted molar refractivity (Wildman–Crippen MR) is 79.9 cm³/mol. The molecule has 0 aliphatic heterocycles. The van der Waals surface area contributed by atoms with Gasteiger partial charge in [-0.3, -0.25) is 0 Å². The molecule has 2 aliphatic carbocycles. The van der Waals surface area contributed by atoms with Crippen LogP contribution < -0.4 is 0 Å². The van der Waals surface area contributed by atoms with Crippen molar-refractivity contribution in [1.82, 2.24) is 0 Å². The first-order chi connectivity index (χ1) is 7.89. The van der Waals surface area contributed by atoms with Crippen molar-refractivity contribution < 1.29 is 0 Å². The fourth-order valence-electron chi connectivity index (χ4n) is 2.82. The lowest BCUT2D eigenvalue weighted by atomic mass is 9.87. The van der Waals surface area contributed by atoms with Crippen LogP contribution in [0.4, 0.5) is 0 Å². The normalized spacial score (nSPS) is 21.4.